The van der Waals surface area contributed by atoms with Crippen molar-refractivity contribution in [3.05, 3.63) is 53.9 Å². The highest BCUT2D eigenvalue weighted by Crippen LogP contribution is 2.42. The lowest BCUT2D eigenvalue weighted by Gasteiger charge is -2.32. The Morgan fingerprint density at radius 3 is 2.81 bits per heavy atom. The normalized spacial score (nSPS) is 20.0. The molecule has 0 spiro atoms. The molecule has 1 unspecified atom stereocenters. The quantitative estimate of drug-likeness (QED) is 0.463. The van der Waals surface area contributed by atoms with Crippen molar-refractivity contribution in [1.82, 2.24) is 24.9 Å². The van der Waals surface area contributed by atoms with E-state index >= 15 is 0 Å². The number of pyridine rings is 1. The number of halogens is 1. The molecule has 0 aliphatic heterocycles. The van der Waals surface area contributed by atoms with Gasteiger partial charge in [0.15, 0.2) is 5.65 Å². The maximum atomic E-state index is 13.8. The first-order valence-electron chi connectivity index (χ1n) is 11.1. The molecule has 166 valence electrons. The van der Waals surface area contributed by atoms with Crippen LogP contribution in [-0.2, 0) is 0 Å². The zero-order valence-electron chi connectivity index (χ0n) is 18.0. The van der Waals surface area contributed by atoms with Crippen LogP contribution in [0.1, 0.15) is 55.8 Å². The summed E-state index contributed by atoms with van der Waals surface area (Å²) in [7, 11) is 0. The number of aromatic nitrogens is 5. The minimum absolute atomic E-state index is 0.0862. The molecule has 1 fully saturated rings. The Morgan fingerprint density at radius 2 is 2.00 bits per heavy atom. The molecule has 7 nitrogen and oxygen atoms in total. The van der Waals surface area contributed by atoms with Gasteiger partial charge in [0.1, 0.15) is 23.8 Å². The van der Waals surface area contributed by atoms with E-state index in [0.29, 0.717) is 17.5 Å². The van der Waals surface area contributed by atoms with E-state index in [1.165, 1.54) is 11.6 Å². The number of imidazole rings is 1. The Hall–Kier alpha value is -3.13. The zero-order valence-corrected chi connectivity index (χ0v) is 18.0. The zero-order chi connectivity index (χ0) is 22.1. The number of aromatic amines is 1. The summed E-state index contributed by atoms with van der Waals surface area (Å²) in [5, 5.41) is 9.83. The third-order valence-electron chi connectivity index (χ3n) is 6.65. The van der Waals surface area contributed by atoms with E-state index in [1.54, 1.807) is 18.3 Å². The molecule has 1 aliphatic carbocycles. The van der Waals surface area contributed by atoms with Crippen LogP contribution in [0.5, 0.6) is 6.01 Å². The van der Waals surface area contributed by atoms with E-state index in [1.807, 2.05) is 12.3 Å². The summed E-state index contributed by atoms with van der Waals surface area (Å²) >= 11 is 0. The summed E-state index contributed by atoms with van der Waals surface area (Å²) in [6.45, 7) is 2.27. The number of nitrogens with one attached hydrogen (secondary N) is 1. The molecule has 1 aliphatic rings. The van der Waals surface area contributed by atoms with Crippen LogP contribution < -0.4 is 4.74 Å². The second-order valence-electron chi connectivity index (χ2n) is 8.55. The van der Waals surface area contributed by atoms with Gasteiger partial charge in [0, 0.05) is 17.5 Å². The molecule has 32 heavy (non-hydrogen) atoms. The van der Waals surface area contributed by atoms with Crippen LogP contribution in [0.15, 0.2) is 36.7 Å². The van der Waals surface area contributed by atoms with Gasteiger partial charge < -0.3 is 14.8 Å². The number of aliphatic hydroxyl groups is 1. The highest BCUT2D eigenvalue weighted by atomic mass is 19.1. The van der Waals surface area contributed by atoms with Crippen molar-refractivity contribution >= 4 is 22.1 Å². The average Bonchev–Trinajstić information content (AvgIpc) is 3.25. The standard InChI is InChI=1S/C24H26FN5O2/c1-14(22-28-21-13-27-24(32-11-10-31)30-23(21)29-22)15-2-4-16(5-3-15)18-8-9-26-20-7-6-17(25)12-19(18)20/h6-9,12-16,31H,2-5,10-11H2,1H3,(H,27,28,29,30). The summed E-state index contributed by atoms with van der Waals surface area (Å²) in [5.74, 6) is 1.88. The van der Waals surface area contributed by atoms with Gasteiger partial charge >= 0.3 is 6.01 Å². The number of fused-ring (bicyclic) bond motifs is 2. The first-order valence-corrected chi connectivity index (χ1v) is 11.1. The lowest BCUT2D eigenvalue weighted by atomic mass is 9.73. The van der Waals surface area contributed by atoms with Crippen LogP contribution in [0.3, 0.4) is 0 Å². The monoisotopic (exact) mass is 435 g/mol. The molecule has 3 heterocycles. The number of rotatable bonds is 6. The third kappa shape index (κ3) is 4.02. The van der Waals surface area contributed by atoms with Gasteiger partial charge in [0.05, 0.1) is 18.3 Å². The molecule has 1 atom stereocenters. The van der Waals surface area contributed by atoms with Crippen LogP contribution in [0, 0.1) is 11.7 Å². The van der Waals surface area contributed by atoms with Crippen LogP contribution in [0.25, 0.3) is 22.1 Å². The fourth-order valence-electron chi connectivity index (χ4n) is 4.88. The van der Waals surface area contributed by atoms with Crippen molar-refractivity contribution in [1.29, 1.82) is 0 Å². The molecular formula is C24H26FN5O2. The summed E-state index contributed by atoms with van der Waals surface area (Å²) < 4.78 is 19.1. The second kappa shape index (κ2) is 8.78. The van der Waals surface area contributed by atoms with E-state index < -0.39 is 0 Å². The minimum Gasteiger partial charge on any atom is -0.461 e. The maximum absolute atomic E-state index is 13.8. The summed E-state index contributed by atoms with van der Waals surface area (Å²) in [5.41, 5.74) is 3.41. The molecule has 0 amide bonds. The van der Waals surface area contributed by atoms with Gasteiger partial charge in [-0.15, -0.1) is 0 Å². The summed E-state index contributed by atoms with van der Waals surface area (Å²) in [4.78, 5) is 20.9. The van der Waals surface area contributed by atoms with Gasteiger partial charge in [-0.05, 0) is 67.3 Å². The topological polar surface area (TPSA) is 96.8 Å². The van der Waals surface area contributed by atoms with E-state index in [-0.39, 0.29) is 31.0 Å². The molecule has 8 heteroatoms. The number of hydrogen-bond donors (Lipinski definition) is 2. The molecule has 0 saturated heterocycles. The molecule has 5 rings (SSSR count). The van der Waals surface area contributed by atoms with Crippen LogP contribution in [0.4, 0.5) is 4.39 Å². The maximum Gasteiger partial charge on any atom is 0.318 e. The average molecular weight is 436 g/mol. The van der Waals surface area contributed by atoms with Crippen LogP contribution in [0.2, 0.25) is 0 Å². The van der Waals surface area contributed by atoms with Crippen molar-refractivity contribution in [3.63, 3.8) is 0 Å². The van der Waals surface area contributed by atoms with Gasteiger partial charge in [-0.25, -0.2) is 14.4 Å². The van der Waals surface area contributed by atoms with E-state index in [4.69, 9.17) is 9.84 Å². The van der Waals surface area contributed by atoms with Crippen molar-refractivity contribution < 1.29 is 14.2 Å². The Morgan fingerprint density at radius 1 is 1.16 bits per heavy atom. The largest absolute Gasteiger partial charge is 0.461 e. The second-order valence-corrected chi connectivity index (χ2v) is 8.55. The number of benzene rings is 1. The Balaban J connectivity index is 1.30. The van der Waals surface area contributed by atoms with Crippen molar-refractivity contribution in [3.8, 4) is 6.01 Å². The van der Waals surface area contributed by atoms with Gasteiger partial charge in [-0.1, -0.05) is 6.92 Å². The SMILES string of the molecule is CC(c1nc2nc(OCCO)ncc2[nH]1)C1CCC(c2ccnc3ccc(F)cc23)CC1. The Labute approximate surface area is 185 Å². The predicted molar refractivity (Wildman–Crippen MR) is 119 cm³/mol. The first kappa shape index (κ1) is 20.8. The van der Waals surface area contributed by atoms with E-state index in [2.05, 4.69) is 31.8 Å². The molecular weight excluding hydrogens is 409 g/mol. The summed E-state index contributed by atoms with van der Waals surface area (Å²) in [6, 6.07) is 7.10. The Kier molecular flexibility index (Phi) is 5.70. The van der Waals surface area contributed by atoms with Crippen molar-refractivity contribution in [2.75, 3.05) is 13.2 Å². The summed E-state index contributed by atoms with van der Waals surface area (Å²) in [6.07, 6.45) is 7.78. The highest BCUT2D eigenvalue weighted by molar-refractivity contribution is 5.82. The fourth-order valence-corrected chi connectivity index (χ4v) is 4.88. The van der Waals surface area contributed by atoms with Crippen LogP contribution >= 0.6 is 0 Å². The molecule has 2 N–H and O–H groups in total. The van der Waals surface area contributed by atoms with Crippen LogP contribution in [-0.4, -0.2) is 43.2 Å². The minimum atomic E-state index is -0.216. The molecule has 1 aromatic carbocycles. The van der Waals surface area contributed by atoms with E-state index in [0.717, 1.165) is 47.9 Å². The number of nitrogens with zero attached hydrogens (tertiary/aromatic N) is 4. The fraction of sp³-hybridized carbons (Fsp3) is 0.417. The molecule has 0 bridgehead atoms. The van der Waals surface area contributed by atoms with Gasteiger partial charge in [-0.3, -0.25) is 4.98 Å². The van der Waals surface area contributed by atoms with E-state index in [9.17, 15) is 4.39 Å². The Bertz CT molecular complexity index is 1240. The molecule has 4 aromatic rings. The predicted octanol–water partition coefficient (Wildman–Crippen LogP) is 4.49. The number of H-pyrrole nitrogens is 1. The lowest BCUT2D eigenvalue weighted by molar-refractivity contribution is 0.192. The van der Waals surface area contributed by atoms with Gasteiger partial charge in [0.25, 0.3) is 0 Å². The molecule has 0 radical (unpaired) electrons. The number of ether oxygens (including phenoxy) is 1. The highest BCUT2D eigenvalue weighted by Gasteiger charge is 2.29. The number of aliphatic hydroxyl groups excluding tert-OH is 1. The number of hydrogen-bond acceptors (Lipinski definition) is 6. The van der Waals surface area contributed by atoms with Gasteiger partial charge in [0.2, 0.25) is 0 Å². The van der Waals surface area contributed by atoms with Gasteiger partial charge in [-0.2, -0.15) is 4.98 Å². The van der Waals surface area contributed by atoms with Crippen molar-refractivity contribution in [2.45, 2.75) is 44.4 Å². The molecule has 1 saturated carbocycles. The first-order chi connectivity index (χ1) is 15.6. The molecule has 3 aromatic heterocycles. The van der Waals surface area contributed by atoms with Crippen molar-refractivity contribution in [2.24, 2.45) is 5.92 Å². The third-order valence-corrected chi connectivity index (χ3v) is 6.65. The smallest absolute Gasteiger partial charge is 0.318 e. The lowest BCUT2D eigenvalue weighted by Crippen LogP contribution is -2.19.